The van der Waals surface area contributed by atoms with Crippen molar-refractivity contribution in [1.82, 2.24) is 9.78 Å². The van der Waals surface area contributed by atoms with Gasteiger partial charge in [-0.2, -0.15) is 5.10 Å². The molecule has 2 aromatic rings. The van der Waals surface area contributed by atoms with Gasteiger partial charge in [-0.1, -0.05) is 0 Å². The van der Waals surface area contributed by atoms with Gasteiger partial charge in [0.05, 0.1) is 16.9 Å². The molecule has 5 nitrogen and oxygen atoms in total. The summed E-state index contributed by atoms with van der Waals surface area (Å²) in [7, 11) is 1.83. The molecule has 20 heavy (non-hydrogen) atoms. The average molecular weight is 275 g/mol. The Morgan fingerprint density at radius 1 is 1.50 bits per heavy atom. The Morgan fingerprint density at radius 2 is 2.30 bits per heavy atom. The van der Waals surface area contributed by atoms with E-state index in [-0.39, 0.29) is 5.56 Å². The number of nitrogens with one attached hydrogen (secondary N) is 1. The molecule has 0 unspecified atom stereocenters. The molecule has 1 aliphatic rings. The lowest BCUT2D eigenvalue weighted by atomic mass is 10.0. The van der Waals surface area contributed by atoms with Gasteiger partial charge in [0, 0.05) is 19.2 Å². The number of hydrogen-bond donors (Lipinski definition) is 2. The molecule has 3 rings (SSSR count). The molecule has 0 amide bonds. The fraction of sp³-hybridized carbons (Fsp3) is 0.286. The van der Waals surface area contributed by atoms with Crippen molar-refractivity contribution in [2.45, 2.75) is 12.8 Å². The van der Waals surface area contributed by atoms with Crippen molar-refractivity contribution in [3.63, 3.8) is 0 Å². The van der Waals surface area contributed by atoms with Crippen LogP contribution in [0.1, 0.15) is 22.5 Å². The summed E-state index contributed by atoms with van der Waals surface area (Å²) in [6, 6.07) is 3.89. The maximum Gasteiger partial charge on any atom is 0.335 e. The maximum absolute atomic E-state index is 14.1. The molecule has 104 valence electrons. The van der Waals surface area contributed by atoms with Crippen LogP contribution in [0.4, 0.5) is 10.1 Å². The minimum Gasteiger partial charge on any atom is -0.478 e. The molecule has 1 aliphatic heterocycles. The number of carboxylic acid groups (broad SMARTS) is 1. The van der Waals surface area contributed by atoms with Crippen LogP contribution in [-0.4, -0.2) is 27.4 Å². The van der Waals surface area contributed by atoms with Gasteiger partial charge in [-0.25, -0.2) is 9.18 Å². The fourth-order valence-corrected chi connectivity index (χ4v) is 2.53. The van der Waals surface area contributed by atoms with Crippen LogP contribution in [0.5, 0.6) is 0 Å². The fourth-order valence-electron chi connectivity index (χ4n) is 2.53. The van der Waals surface area contributed by atoms with Crippen LogP contribution in [0.3, 0.4) is 0 Å². The third kappa shape index (κ3) is 1.93. The minimum atomic E-state index is -1.14. The number of carboxylic acids is 1. The van der Waals surface area contributed by atoms with E-state index in [1.165, 1.54) is 12.1 Å². The van der Waals surface area contributed by atoms with Crippen LogP contribution < -0.4 is 5.32 Å². The Morgan fingerprint density at radius 3 is 3.00 bits per heavy atom. The zero-order valence-corrected chi connectivity index (χ0v) is 11.0. The summed E-state index contributed by atoms with van der Waals surface area (Å²) >= 11 is 0. The van der Waals surface area contributed by atoms with Crippen LogP contribution in [0, 0.1) is 5.82 Å². The Hall–Kier alpha value is -2.37. The molecule has 6 heteroatoms. The van der Waals surface area contributed by atoms with Crippen LogP contribution in [0.2, 0.25) is 0 Å². The first-order valence-corrected chi connectivity index (χ1v) is 6.41. The molecule has 1 aromatic heterocycles. The normalized spacial score (nSPS) is 13.7. The number of carbonyl (C=O) groups is 1. The second kappa shape index (κ2) is 4.63. The van der Waals surface area contributed by atoms with Gasteiger partial charge in [-0.3, -0.25) is 4.68 Å². The number of hydrogen-bond acceptors (Lipinski definition) is 3. The minimum absolute atomic E-state index is 0.0657. The summed E-state index contributed by atoms with van der Waals surface area (Å²) < 4.78 is 15.9. The topological polar surface area (TPSA) is 67.2 Å². The summed E-state index contributed by atoms with van der Waals surface area (Å²) in [6.07, 6.45) is 1.92. The van der Waals surface area contributed by atoms with Crippen LogP contribution >= 0.6 is 0 Å². The molecule has 0 saturated carbocycles. The monoisotopic (exact) mass is 275 g/mol. The summed E-state index contributed by atoms with van der Waals surface area (Å²) in [6.45, 7) is 0.834. The number of benzene rings is 1. The van der Waals surface area contributed by atoms with E-state index in [0.29, 0.717) is 11.3 Å². The van der Waals surface area contributed by atoms with Gasteiger partial charge in [0.15, 0.2) is 0 Å². The predicted octanol–water partition coefficient (Wildman–Crippen LogP) is 2.28. The zero-order valence-electron chi connectivity index (χ0n) is 11.0. The summed E-state index contributed by atoms with van der Waals surface area (Å²) in [5.41, 5.74) is 2.69. The third-order valence-corrected chi connectivity index (χ3v) is 3.53. The quantitative estimate of drug-likeness (QED) is 0.882. The number of nitrogens with zero attached hydrogens (tertiary/aromatic N) is 2. The largest absolute Gasteiger partial charge is 0.478 e. The molecule has 2 N–H and O–H groups in total. The Kier molecular flexibility index (Phi) is 2.93. The molecular formula is C14H14FN3O2. The highest BCUT2D eigenvalue weighted by Gasteiger charge is 2.22. The second-order valence-corrected chi connectivity index (χ2v) is 4.82. The van der Waals surface area contributed by atoms with Crippen molar-refractivity contribution in [3.05, 3.63) is 35.3 Å². The SMILES string of the molecule is Cn1nc(-c2ccc(C(=O)O)cc2F)c2c1CCCN2. The van der Waals surface area contributed by atoms with E-state index in [9.17, 15) is 9.18 Å². The summed E-state index contributed by atoms with van der Waals surface area (Å²) in [5, 5.41) is 16.5. The Labute approximate surface area is 115 Å². The maximum atomic E-state index is 14.1. The third-order valence-electron chi connectivity index (χ3n) is 3.53. The highest BCUT2D eigenvalue weighted by atomic mass is 19.1. The first kappa shape index (κ1) is 12.7. The van der Waals surface area contributed by atoms with Gasteiger partial charge in [0.1, 0.15) is 11.5 Å². The number of aromatic nitrogens is 2. The number of halogens is 1. The van der Waals surface area contributed by atoms with Crippen molar-refractivity contribution >= 4 is 11.7 Å². The number of fused-ring (bicyclic) bond motifs is 1. The lowest BCUT2D eigenvalue weighted by molar-refractivity contribution is 0.0696. The number of anilines is 1. The molecule has 0 bridgehead atoms. The van der Waals surface area contributed by atoms with Gasteiger partial charge >= 0.3 is 5.97 Å². The van der Waals surface area contributed by atoms with Crippen molar-refractivity contribution in [1.29, 1.82) is 0 Å². The van der Waals surface area contributed by atoms with E-state index < -0.39 is 11.8 Å². The predicted molar refractivity (Wildman–Crippen MR) is 72.4 cm³/mol. The number of rotatable bonds is 2. The number of aromatic carboxylic acids is 1. The van der Waals surface area contributed by atoms with Gasteiger partial charge in [-0.15, -0.1) is 0 Å². The van der Waals surface area contributed by atoms with Crippen molar-refractivity contribution in [3.8, 4) is 11.3 Å². The van der Waals surface area contributed by atoms with Gasteiger partial charge in [0.25, 0.3) is 0 Å². The van der Waals surface area contributed by atoms with Crippen molar-refractivity contribution in [2.24, 2.45) is 7.05 Å². The average Bonchev–Trinajstić information content (AvgIpc) is 2.76. The molecule has 0 saturated heterocycles. The molecule has 0 aliphatic carbocycles. The first-order chi connectivity index (χ1) is 9.58. The number of aryl methyl sites for hydroxylation is 1. The van der Waals surface area contributed by atoms with E-state index in [1.54, 1.807) is 4.68 Å². The molecule has 1 aromatic carbocycles. The van der Waals surface area contributed by atoms with E-state index in [0.717, 1.165) is 36.8 Å². The standard InChI is InChI=1S/C14H14FN3O2/c1-18-11-3-2-6-16-13(11)12(17-18)9-5-4-8(14(19)20)7-10(9)15/h4-5,7,16H,2-3,6H2,1H3,(H,19,20). The van der Waals surface area contributed by atoms with Gasteiger partial charge < -0.3 is 10.4 Å². The zero-order chi connectivity index (χ0) is 14.3. The lowest BCUT2D eigenvalue weighted by Crippen LogP contribution is -2.13. The Bertz CT molecular complexity index is 694. The van der Waals surface area contributed by atoms with Crippen LogP contribution in [0.25, 0.3) is 11.3 Å². The van der Waals surface area contributed by atoms with Crippen LogP contribution in [0.15, 0.2) is 18.2 Å². The van der Waals surface area contributed by atoms with Crippen molar-refractivity contribution < 1.29 is 14.3 Å². The van der Waals surface area contributed by atoms with Crippen LogP contribution in [-0.2, 0) is 13.5 Å². The molecule has 0 spiro atoms. The smallest absolute Gasteiger partial charge is 0.335 e. The molecule has 0 fully saturated rings. The Balaban J connectivity index is 2.12. The molecule has 2 heterocycles. The highest BCUT2D eigenvalue weighted by Crippen LogP contribution is 2.34. The molecular weight excluding hydrogens is 261 g/mol. The van der Waals surface area contributed by atoms with E-state index in [2.05, 4.69) is 10.4 Å². The second-order valence-electron chi connectivity index (χ2n) is 4.82. The summed E-state index contributed by atoms with van der Waals surface area (Å²) in [4.78, 5) is 10.8. The van der Waals surface area contributed by atoms with E-state index in [1.807, 2.05) is 7.05 Å². The van der Waals surface area contributed by atoms with E-state index in [4.69, 9.17) is 5.11 Å². The summed E-state index contributed by atoms with van der Waals surface area (Å²) in [5.74, 6) is -1.71. The highest BCUT2D eigenvalue weighted by molar-refractivity contribution is 5.89. The van der Waals surface area contributed by atoms with Gasteiger partial charge in [0.2, 0.25) is 0 Å². The van der Waals surface area contributed by atoms with E-state index >= 15 is 0 Å². The molecule has 0 radical (unpaired) electrons. The lowest BCUT2D eigenvalue weighted by Gasteiger charge is -2.15. The first-order valence-electron chi connectivity index (χ1n) is 6.41. The van der Waals surface area contributed by atoms with Gasteiger partial charge in [-0.05, 0) is 31.0 Å². The molecule has 0 atom stereocenters. The van der Waals surface area contributed by atoms with Crippen molar-refractivity contribution in [2.75, 3.05) is 11.9 Å².